The molecule has 2 N–H and O–H groups in total. The van der Waals surface area contributed by atoms with Crippen molar-refractivity contribution in [1.82, 2.24) is 5.32 Å². The number of rotatable bonds is 5. The summed E-state index contributed by atoms with van der Waals surface area (Å²) in [6, 6.07) is -0.405. The molecule has 0 aliphatic rings. The minimum absolute atomic E-state index is 0. The zero-order chi connectivity index (χ0) is 7.98. The molecule has 7 heteroatoms. The maximum absolute atomic E-state index is 10.4. The van der Waals surface area contributed by atoms with Crippen LogP contribution >= 0.6 is 27.8 Å². The predicted octanol–water partition coefficient (Wildman–Crippen LogP) is 1.41. The van der Waals surface area contributed by atoms with E-state index in [4.69, 9.17) is 5.11 Å². The van der Waals surface area contributed by atoms with Crippen molar-refractivity contribution in [3.8, 4) is 0 Å². The average Bonchev–Trinajstić information content (AvgIpc) is 1.89. The summed E-state index contributed by atoms with van der Waals surface area (Å²) < 4.78 is 0. The van der Waals surface area contributed by atoms with Gasteiger partial charge in [0.1, 0.15) is 6.04 Å². The van der Waals surface area contributed by atoms with Crippen LogP contribution in [0.3, 0.4) is 0 Å². The van der Waals surface area contributed by atoms with Crippen molar-refractivity contribution in [3.05, 3.63) is 0 Å². The normalized spacial score (nSPS) is 11.8. The van der Waals surface area contributed by atoms with Crippen molar-refractivity contribution in [2.24, 2.45) is 0 Å². The van der Waals surface area contributed by atoms with Gasteiger partial charge in [0.05, 0.1) is 0 Å². The van der Waals surface area contributed by atoms with Crippen LogP contribution in [0, 0.1) is 0 Å². The molecule has 0 aliphatic carbocycles. The Morgan fingerprint density at radius 3 is 2.58 bits per heavy atom. The Morgan fingerprint density at radius 1 is 1.83 bits per heavy atom. The van der Waals surface area contributed by atoms with Gasteiger partial charge in [-0.15, -0.1) is 20.3 Å². The molecule has 0 rings (SSSR count). The minimum atomic E-state index is -0.779. The molecular weight excluding hydrogens is 251 g/mol. The molecule has 0 aromatic rings. The molecule has 1 radical (unpaired) electrons. The zero-order valence-corrected chi connectivity index (χ0v) is 10.4. The first-order valence-electron chi connectivity index (χ1n) is 2.69. The SMILES string of the molecule is C.CNC(CSPP)C(=O)O.[V]. The van der Waals surface area contributed by atoms with Gasteiger partial charge < -0.3 is 10.4 Å². The molecule has 0 aliphatic heterocycles. The van der Waals surface area contributed by atoms with Crippen LogP contribution in [0.15, 0.2) is 0 Å². The number of hydrogen-bond acceptors (Lipinski definition) is 3. The van der Waals surface area contributed by atoms with Crippen LogP contribution in [0.25, 0.3) is 0 Å². The maximum Gasteiger partial charge on any atom is 0.321 e. The molecule has 0 spiro atoms. The second-order valence-electron chi connectivity index (χ2n) is 1.61. The van der Waals surface area contributed by atoms with Crippen LogP contribution < -0.4 is 5.32 Å². The number of carboxylic acids is 1. The fourth-order valence-electron chi connectivity index (χ4n) is 0.410. The standard InChI is InChI=1S/C4H11NO2P2S.CH4.V/c1-5-3(4(6)7)2-10-9-8;;/h3,5,9H,2,8H2,1H3,(H,6,7);1H4;. The topological polar surface area (TPSA) is 49.3 Å². The molecule has 3 unspecified atom stereocenters. The second kappa shape index (κ2) is 12.2. The monoisotopic (exact) mass is 266 g/mol. The third kappa shape index (κ3) is 9.31. The first-order chi connectivity index (χ1) is 4.72. The molecule has 0 fully saturated rings. The van der Waals surface area contributed by atoms with Gasteiger partial charge in [-0.2, -0.15) is 0 Å². The van der Waals surface area contributed by atoms with E-state index in [1.165, 1.54) is 0 Å². The van der Waals surface area contributed by atoms with Crippen LogP contribution in [-0.2, 0) is 23.4 Å². The molecule has 73 valence electrons. The summed E-state index contributed by atoms with van der Waals surface area (Å²) in [5.74, 6) is -0.147. The fourth-order valence-corrected chi connectivity index (χ4v) is 2.64. The maximum atomic E-state index is 10.4. The van der Waals surface area contributed by atoms with Crippen molar-refractivity contribution >= 4 is 33.8 Å². The van der Waals surface area contributed by atoms with Gasteiger partial charge in [0.25, 0.3) is 0 Å². The number of hydrogen-bond donors (Lipinski definition) is 2. The first-order valence-corrected chi connectivity index (χ1v) is 7.21. The van der Waals surface area contributed by atoms with Crippen LogP contribution in [0.1, 0.15) is 7.43 Å². The molecule has 0 aromatic heterocycles. The number of carboxylic acid groups (broad SMARTS) is 1. The smallest absolute Gasteiger partial charge is 0.321 e. The van der Waals surface area contributed by atoms with Crippen LogP contribution in [0.2, 0.25) is 0 Å². The van der Waals surface area contributed by atoms with Crippen LogP contribution in [-0.4, -0.2) is 29.9 Å². The summed E-state index contributed by atoms with van der Waals surface area (Å²) in [5, 5.41) is 11.2. The molecule has 0 heterocycles. The van der Waals surface area contributed by atoms with E-state index in [9.17, 15) is 4.79 Å². The Labute approximate surface area is 93.7 Å². The number of nitrogens with one attached hydrogen (secondary N) is 1. The Bertz CT molecular complexity index is 120. The van der Waals surface area contributed by atoms with Gasteiger partial charge in [-0.25, -0.2) is 0 Å². The summed E-state index contributed by atoms with van der Waals surface area (Å²) in [6.45, 7) is 0. The number of likely N-dealkylation sites (N-methyl/N-ethyl adjacent to an activating group) is 1. The van der Waals surface area contributed by atoms with Gasteiger partial charge in [0, 0.05) is 24.3 Å². The molecule has 12 heavy (non-hydrogen) atoms. The largest absolute Gasteiger partial charge is 0.480 e. The Morgan fingerprint density at radius 2 is 2.33 bits per heavy atom. The van der Waals surface area contributed by atoms with Gasteiger partial charge >= 0.3 is 5.97 Å². The molecule has 3 atom stereocenters. The Balaban J connectivity index is -0.000000405. The van der Waals surface area contributed by atoms with Gasteiger partial charge in [-0.1, -0.05) is 7.43 Å². The van der Waals surface area contributed by atoms with Gasteiger partial charge in [0.15, 0.2) is 0 Å². The molecule has 3 nitrogen and oxygen atoms in total. The predicted molar refractivity (Wildman–Crippen MR) is 57.7 cm³/mol. The van der Waals surface area contributed by atoms with Gasteiger partial charge in [-0.3, -0.25) is 4.79 Å². The van der Waals surface area contributed by atoms with E-state index in [-0.39, 0.29) is 26.0 Å². The van der Waals surface area contributed by atoms with E-state index in [2.05, 4.69) is 14.2 Å². The second-order valence-corrected chi connectivity index (χ2v) is 6.16. The van der Waals surface area contributed by atoms with E-state index in [1.54, 1.807) is 18.4 Å². The summed E-state index contributed by atoms with van der Waals surface area (Å²) >= 11 is 1.62. The summed E-state index contributed by atoms with van der Waals surface area (Å²) in [5.41, 5.74) is 0. The van der Waals surface area contributed by atoms with Crippen molar-refractivity contribution in [3.63, 3.8) is 0 Å². The van der Waals surface area contributed by atoms with Gasteiger partial charge in [-0.05, 0) is 14.5 Å². The van der Waals surface area contributed by atoms with Crippen molar-refractivity contribution in [1.29, 1.82) is 0 Å². The minimum Gasteiger partial charge on any atom is -0.480 e. The summed E-state index contributed by atoms with van der Waals surface area (Å²) in [4.78, 5) is 10.4. The first kappa shape index (κ1) is 18.9. The summed E-state index contributed by atoms with van der Waals surface area (Å²) in [7, 11) is 4.90. The average molecular weight is 266 g/mol. The van der Waals surface area contributed by atoms with E-state index < -0.39 is 12.0 Å². The van der Waals surface area contributed by atoms with E-state index in [1.807, 2.05) is 0 Å². The van der Waals surface area contributed by atoms with Crippen LogP contribution in [0.4, 0.5) is 0 Å². The number of aliphatic carboxylic acids is 1. The van der Waals surface area contributed by atoms with E-state index >= 15 is 0 Å². The third-order valence-corrected chi connectivity index (χ3v) is 4.15. The van der Waals surface area contributed by atoms with Crippen molar-refractivity contribution in [2.75, 3.05) is 12.8 Å². The Hall–Kier alpha value is 1.22. The fraction of sp³-hybridized carbons (Fsp3) is 0.800. The summed E-state index contributed by atoms with van der Waals surface area (Å²) in [6.07, 6.45) is 0. The molecule has 0 saturated heterocycles. The molecule has 0 amide bonds. The Kier molecular flexibility index (Phi) is 19.3. The zero-order valence-electron chi connectivity index (χ0n) is 6.07. The molecule has 0 bridgehead atoms. The van der Waals surface area contributed by atoms with E-state index in [0.29, 0.717) is 13.2 Å². The van der Waals surface area contributed by atoms with Gasteiger partial charge in [0.2, 0.25) is 0 Å². The third-order valence-electron chi connectivity index (χ3n) is 0.980. The molecule has 0 saturated carbocycles. The van der Waals surface area contributed by atoms with Crippen molar-refractivity contribution < 1.29 is 28.5 Å². The quantitative estimate of drug-likeness (QED) is 0.739. The number of carbonyl (C=O) groups is 1. The molecular formula is C5H15NO2P2SV. The molecule has 0 aromatic carbocycles. The van der Waals surface area contributed by atoms with E-state index in [0.717, 1.165) is 0 Å². The van der Waals surface area contributed by atoms with Crippen LogP contribution in [0.5, 0.6) is 0 Å². The van der Waals surface area contributed by atoms with Crippen molar-refractivity contribution in [2.45, 2.75) is 13.5 Å².